The average molecular weight is 291 g/mol. The summed E-state index contributed by atoms with van der Waals surface area (Å²) in [4.78, 5) is 25.3. The van der Waals surface area contributed by atoms with Gasteiger partial charge in [0.05, 0.1) is 5.92 Å². The highest BCUT2D eigenvalue weighted by Gasteiger charge is 2.31. The molecule has 2 aromatic rings. The van der Waals surface area contributed by atoms with E-state index in [0.29, 0.717) is 5.56 Å². The molecule has 2 N–H and O–H groups in total. The van der Waals surface area contributed by atoms with E-state index in [0.717, 1.165) is 0 Å². The van der Waals surface area contributed by atoms with Crippen molar-refractivity contribution in [2.45, 2.75) is 5.92 Å². The normalized spacial score (nSPS) is 15.2. The third-order valence-electron chi connectivity index (χ3n) is 3.00. The Hall–Kier alpha value is -1.97. The Bertz CT molecular complexity index is 630. The van der Waals surface area contributed by atoms with Gasteiger partial charge in [-0.2, -0.15) is 0 Å². The molecule has 0 spiro atoms. The molecule has 104 valence electrons. The quantitative estimate of drug-likeness (QED) is 0.821. The first-order valence-electron chi connectivity index (χ1n) is 6.01. The van der Waals surface area contributed by atoms with Crippen molar-refractivity contribution in [2.75, 3.05) is 6.16 Å². The Morgan fingerprint density at radius 3 is 2.30 bits per heavy atom. The molecule has 0 fully saturated rings. The Kier molecular flexibility index (Phi) is 4.32. The third-order valence-corrected chi connectivity index (χ3v) is 4.96. The van der Waals surface area contributed by atoms with E-state index in [1.54, 1.807) is 30.3 Å². The van der Waals surface area contributed by atoms with Gasteiger partial charge in [0.15, 0.2) is 0 Å². The molecule has 1 aromatic heterocycles. The molecule has 2 atom stereocenters. The molecule has 0 saturated carbocycles. The van der Waals surface area contributed by atoms with Crippen molar-refractivity contribution in [1.82, 2.24) is 4.98 Å². The minimum atomic E-state index is -3.74. The van der Waals surface area contributed by atoms with Gasteiger partial charge in [0, 0.05) is 23.9 Å². The van der Waals surface area contributed by atoms with E-state index in [1.807, 2.05) is 0 Å². The number of hydrogen-bond acceptors (Lipinski definition) is 3. The summed E-state index contributed by atoms with van der Waals surface area (Å²) in [5.74, 6) is -2.13. The summed E-state index contributed by atoms with van der Waals surface area (Å²) in [6, 6.07) is 11.3. The van der Waals surface area contributed by atoms with Crippen LogP contribution in [-0.4, -0.2) is 27.1 Å². The number of hydrogen-bond donors (Lipinski definition) is 2. The Labute approximate surface area is 116 Å². The monoisotopic (exact) mass is 291 g/mol. The lowest BCUT2D eigenvalue weighted by atomic mass is 10.0. The largest absolute Gasteiger partial charge is 0.481 e. The van der Waals surface area contributed by atoms with Crippen molar-refractivity contribution in [3.63, 3.8) is 0 Å². The van der Waals surface area contributed by atoms with Gasteiger partial charge in [0.1, 0.15) is 0 Å². The number of aliphatic carboxylic acids is 1. The van der Waals surface area contributed by atoms with Crippen molar-refractivity contribution in [2.24, 2.45) is 0 Å². The molecule has 0 aliphatic carbocycles. The molecular weight excluding hydrogens is 277 g/mol. The topological polar surface area (TPSA) is 87.5 Å². The van der Waals surface area contributed by atoms with Gasteiger partial charge in [-0.3, -0.25) is 14.3 Å². The summed E-state index contributed by atoms with van der Waals surface area (Å²) < 4.78 is 12.4. The molecule has 0 bridgehead atoms. The first kappa shape index (κ1) is 14.4. The number of carboxylic acids is 1. The van der Waals surface area contributed by atoms with Crippen LogP contribution in [0.15, 0.2) is 54.9 Å². The van der Waals surface area contributed by atoms with Crippen LogP contribution in [0.1, 0.15) is 11.5 Å². The predicted molar refractivity (Wildman–Crippen MR) is 75.4 cm³/mol. The van der Waals surface area contributed by atoms with Gasteiger partial charge in [0.25, 0.3) is 0 Å². The SMILES string of the molecule is O=C(O)C(CP(=O)(O)c1ccncc1)c1ccccc1. The number of benzene rings is 1. The van der Waals surface area contributed by atoms with Crippen molar-refractivity contribution < 1.29 is 19.4 Å². The molecule has 2 rings (SSSR count). The molecule has 0 aliphatic rings. The predicted octanol–water partition coefficient (Wildman–Crippen LogP) is 1.85. The fourth-order valence-electron chi connectivity index (χ4n) is 1.94. The second-order valence-electron chi connectivity index (χ2n) is 4.39. The smallest absolute Gasteiger partial charge is 0.311 e. The van der Waals surface area contributed by atoms with E-state index < -0.39 is 19.3 Å². The number of pyridine rings is 1. The summed E-state index contributed by atoms with van der Waals surface area (Å²) in [5.41, 5.74) is 0.517. The first-order valence-corrected chi connectivity index (χ1v) is 7.85. The molecule has 1 aromatic carbocycles. The van der Waals surface area contributed by atoms with Crippen LogP contribution in [0.25, 0.3) is 0 Å². The summed E-state index contributed by atoms with van der Waals surface area (Å²) in [5, 5.41) is 9.51. The molecule has 6 heteroatoms. The van der Waals surface area contributed by atoms with Gasteiger partial charge in [-0.25, -0.2) is 0 Å². The molecule has 20 heavy (non-hydrogen) atoms. The molecule has 0 saturated heterocycles. The molecular formula is C14H14NO4P. The first-order chi connectivity index (χ1) is 9.50. The number of aromatic nitrogens is 1. The van der Waals surface area contributed by atoms with Crippen LogP contribution in [-0.2, 0) is 9.36 Å². The van der Waals surface area contributed by atoms with E-state index in [1.165, 1.54) is 24.5 Å². The third kappa shape index (κ3) is 3.32. The molecule has 0 aliphatic heterocycles. The second-order valence-corrected chi connectivity index (χ2v) is 6.68. The van der Waals surface area contributed by atoms with Crippen molar-refractivity contribution in [3.05, 3.63) is 60.4 Å². The van der Waals surface area contributed by atoms with Gasteiger partial charge >= 0.3 is 5.97 Å². The summed E-state index contributed by atoms with van der Waals surface area (Å²) in [6.45, 7) is 0. The zero-order valence-corrected chi connectivity index (χ0v) is 11.5. The maximum absolute atomic E-state index is 12.4. The highest BCUT2D eigenvalue weighted by Crippen LogP contribution is 2.43. The van der Waals surface area contributed by atoms with Gasteiger partial charge in [-0.15, -0.1) is 0 Å². The van der Waals surface area contributed by atoms with Crippen LogP contribution in [0.3, 0.4) is 0 Å². The molecule has 0 radical (unpaired) electrons. The number of nitrogens with zero attached hydrogens (tertiary/aromatic N) is 1. The lowest BCUT2D eigenvalue weighted by molar-refractivity contribution is -0.138. The van der Waals surface area contributed by atoms with E-state index in [-0.39, 0.29) is 11.5 Å². The summed E-state index contributed by atoms with van der Waals surface area (Å²) in [6.07, 6.45) is 2.49. The van der Waals surface area contributed by atoms with Crippen molar-refractivity contribution in [3.8, 4) is 0 Å². The summed E-state index contributed by atoms with van der Waals surface area (Å²) in [7, 11) is -3.74. The van der Waals surface area contributed by atoms with Crippen LogP contribution >= 0.6 is 7.37 Å². The maximum atomic E-state index is 12.4. The van der Waals surface area contributed by atoms with Crippen LogP contribution < -0.4 is 5.30 Å². The Morgan fingerprint density at radius 2 is 1.75 bits per heavy atom. The highest BCUT2D eigenvalue weighted by molar-refractivity contribution is 7.66. The van der Waals surface area contributed by atoms with Crippen LogP contribution in [0.5, 0.6) is 0 Å². The van der Waals surface area contributed by atoms with Crippen LogP contribution in [0.4, 0.5) is 0 Å². The fourth-order valence-corrected chi connectivity index (χ4v) is 3.61. The molecule has 0 amide bonds. The van der Waals surface area contributed by atoms with Crippen LogP contribution in [0, 0.1) is 0 Å². The number of carbonyl (C=O) groups is 1. The van der Waals surface area contributed by atoms with E-state index in [2.05, 4.69) is 4.98 Å². The highest BCUT2D eigenvalue weighted by atomic mass is 31.2. The molecule has 2 unspecified atom stereocenters. The lowest BCUT2D eigenvalue weighted by Crippen LogP contribution is -2.19. The van der Waals surface area contributed by atoms with Crippen molar-refractivity contribution in [1.29, 1.82) is 0 Å². The minimum Gasteiger partial charge on any atom is -0.481 e. The summed E-state index contributed by atoms with van der Waals surface area (Å²) >= 11 is 0. The van der Waals surface area contributed by atoms with E-state index >= 15 is 0 Å². The average Bonchev–Trinajstić information content (AvgIpc) is 2.46. The van der Waals surface area contributed by atoms with Crippen molar-refractivity contribution >= 4 is 18.6 Å². The number of carboxylic acid groups (broad SMARTS) is 1. The minimum absolute atomic E-state index is 0.217. The van der Waals surface area contributed by atoms with Gasteiger partial charge < -0.3 is 10.00 Å². The fraction of sp³-hybridized carbons (Fsp3) is 0.143. The maximum Gasteiger partial charge on any atom is 0.311 e. The second kappa shape index (κ2) is 5.99. The Balaban J connectivity index is 2.30. The van der Waals surface area contributed by atoms with Gasteiger partial charge in [-0.1, -0.05) is 30.3 Å². The zero-order chi connectivity index (χ0) is 14.6. The Morgan fingerprint density at radius 1 is 1.15 bits per heavy atom. The standard InChI is InChI=1S/C14H14NO4P/c16-14(17)13(11-4-2-1-3-5-11)10-20(18,19)12-6-8-15-9-7-12/h1-9,13H,10H2,(H,16,17)(H,18,19). The van der Waals surface area contributed by atoms with Gasteiger partial charge in [-0.05, 0) is 17.7 Å². The van der Waals surface area contributed by atoms with E-state index in [9.17, 15) is 19.4 Å². The lowest BCUT2D eigenvalue weighted by Gasteiger charge is -2.17. The molecule has 1 heterocycles. The number of rotatable bonds is 5. The molecule has 5 nitrogen and oxygen atoms in total. The van der Waals surface area contributed by atoms with Crippen LogP contribution in [0.2, 0.25) is 0 Å². The van der Waals surface area contributed by atoms with Gasteiger partial charge in [0.2, 0.25) is 7.37 Å². The zero-order valence-electron chi connectivity index (χ0n) is 10.6. The van der Waals surface area contributed by atoms with E-state index in [4.69, 9.17) is 0 Å².